The molecule has 1 saturated carbocycles. The first-order valence-corrected chi connectivity index (χ1v) is 11.7. The largest absolute Gasteiger partial charge is 0.340 e. The van der Waals surface area contributed by atoms with Crippen molar-refractivity contribution in [2.45, 2.75) is 52.0 Å². The molecule has 0 aromatic heterocycles. The van der Waals surface area contributed by atoms with Gasteiger partial charge in [0.05, 0.1) is 6.04 Å². The topological polar surface area (TPSA) is 43.9 Å². The minimum Gasteiger partial charge on any atom is -0.340 e. The monoisotopic (exact) mass is 381 g/mol. The van der Waals surface area contributed by atoms with Gasteiger partial charge in [-0.2, -0.15) is 11.8 Å². The Labute approximate surface area is 162 Å². The Morgan fingerprint density at radius 3 is 2.08 bits per heavy atom. The summed E-state index contributed by atoms with van der Waals surface area (Å²) in [5.74, 6) is 3.40. The lowest BCUT2D eigenvalue weighted by molar-refractivity contribution is -0.142. The molecule has 0 N–H and O–H groups in total. The summed E-state index contributed by atoms with van der Waals surface area (Å²) in [7, 11) is 0. The molecule has 6 heteroatoms. The number of rotatable bonds is 5. The summed E-state index contributed by atoms with van der Waals surface area (Å²) in [6, 6.07) is 0.0430. The lowest BCUT2D eigenvalue weighted by Crippen LogP contribution is -2.59. The highest BCUT2D eigenvalue weighted by atomic mass is 32.2. The summed E-state index contributed by atoms with van der Waals surface area (Å²) >= 11 is 1.95. The van der Waals surface area contributed by atoms with Crippen molar-refractivity contribution >= 4 is 23.6 Å². The minimum absolute atomic E-state index is 0.0430. The maximum absolute atomic E-state index is 13.3. The van der Waals surface area contributed by atoms with Crippen LogP contribution in [0.1, 0.15) is 46.0 Å². The fraction of sp³-hybridized carbons (Fsp3) is 0.900. The second-order valence-corrected chi connectivity index (χ2v) is 9.32. The fourth-order valence-electron chi connectivity index (χ4n) is 4.61. The molecule has 0 radical (unpaired) electrons. The Balaban J connectivity index is 1.64. The van der Waals surface area contributed by atoms with Gasteiger partial charge in [-0.15, -0.1) is 0 Å². The van der Waals surface area contributed by atoms with Crippen LogP contribution >= 0.6 is 11.8 Å². The van der Waals surface area contributed by atoms with E-state index in [4.69, 9.17) is 0 Å². The molecule has 0 aromatic carbocycles. The number of hydrogen-bond acceptors (Lipinski definition) is 4. The van der Waals surface area contributed by atoms with E-state index < -0.39 is 0 Å². The van der Waals surface area contributed by atoms with E-state index in [1.165, 1.54) is 25.7 Å². The highest BCUT2D eigenvalue weighted by Crippen LogP contribution is 2.32. The molecule has 3 rings (SSSR count). The number of piperazine rings is 1. The Bertz CT molecular complexity index is 481. The van der Waals surface area contributed by atoms with Gasteiger partial charge in [0.25, 0.3) is 0 Å². The van der Waals surface area contributed by atoms with Crippen LogP contribution in [0.15, 0.2) is 0 Å². The van der Waals surface area contributed by atoms with Crippen LogP contribution < -0.4 is 0 Å². The Kier molecular flexibility index (Phi) is 7.27. The van der Waals surface area contributed by atoms with E-state index in [-0.39, 0.29) is 17.9 Å². The highest BCUT2D eigenvalue weighted by molar-refractivity contribution is 7.99. The van der Waals surface area contributed by atoms with Gasteiger partial charge in [-0.05, 0) is 25.2 Å². The van der Waals surface area contributed by atoms with E-state index in [0.717, 1.165) is 57.2 Å². The van der Waals surface area contributed by atoms with E-state index >= 15 is 0 Å². The van der Waals surface area contributed by atoms with Gasteiger partial charge in [0.1, 0.15) is 0 Å². The zero-order chi connectivity index (χ0) is 18.5. The van der Waals surface area contributed by atoms with Gasteiger partial charge in [-0.1, -0.05) is 26.7 Å². The Morgan fingerprint density at radius 2 is 1.50 bits per heavy atom. The molecule has 2 atom stereocenters. The number of carbonyl (C=O) groups excluding carboxylic acids is 2. The van der Waals surface area contributed by atoms with E-state index in [2.05, 4.69) is 16.7 Å². The van der Waals surface area contributed by atoms with Gasteiger partial charge in [-0.25, -0.2) is 0 Å². The molecule has 148 valence electrons. The summed E-state index contributed by atoms with van der Waals surface area (Å²) in [6.45, 7) is 9.14. The van der Waals surface area contributed by atoms with Gasteiger partial charge in [0.2, 0.25) is 11.8 Å². The normalized spacial score (nSPS) is 25.3. The molecule has 26 heavy (non-hydrogen) atoms. The van der Waals surface area contributed by atoms with Crippen molar-refractivity contribution in [2.75, 3.05) is 50.8 Å². The maximum atomic E-state index is 13.3. The average molecular weight is 382 g/mol. The summed E-state index contributed by atoms with van der Waals surface area (Å²) in [5, 5.41) is 0. The summed E-state index contributed by atoms with van der Waals surface area (Å²) in [4.78, 5) is 32.3. The third-order valence-corrected chi connectivity index (χ3v) is 7.42. The molecule has 2 amide bonds. The molecular formula is C20H35N3O2S. The molecular weight excluding hydrogens is 346 g/mol. The average Bonchev–Trinajstić information content (AvgIpc) is 3.22. The zero-order valence-corrected chi connectivity index (χ0v) is 17.3. The van der Waals surface area contributed by atoms with Crippen molar-refractivity contribution in [3.05, 3.63) is 0 Å². The van der Waals surface area contributed by atoms with Crippen LogP contribution in [-0.2, 0) is 9.59 Å². The van der Waals surface area contributed by atoms with Gasteiger partial charge in [0, 0.05) is 56.7 Å². The van der Waals surface area contributed by atoms with Crippen LogP contribution in [0.3, 0.4) is 0 Å². The first-order valence-electron chi connectivity index (χ1n) is 10.5. The minimum atomic E-state index is 0.0430. The predicted molar refractivity (Wildman–Crippen MR) is 107 cm³/mol. The van der Waals surface area contributed by atoms with Crippen molar-refractivity contribution in [1.82, 2.24) is 14.7 Å². The van der Waals surface area contributed by atoms with Crippen molar-refractivity contribution in [1.29, 1.82) is 0 Å². The lowest BCUT2D eigenvalue weighted by Gasteiger charge is -2.43. The molecule has 0 spiro atoms. The van der Waals surface area contributed by atoms with E-state index in [1.807, 2.05) is 23.6 Å². The van der Waals surface area contributed by atoms with Crippen molar-refractivity contribution in [3.8, 4) is 0 Å². The predicted octanol–water partition coefficient (Wildman–Crippen LogP) is 2.31. The summed E-state index contributed by atoms with van der Waals surface area (Å²) < 4.78 is 0. The molecule has 0 aromatic rings. The van der Waals surface area contributed by atoms with Gasteiger partial charge < -0.3 is 9.80 Å². The van der Waals surface area contributed by atoms with E-state index in [0.29, 0.717) is 11.8 Å². The summed E-state index contributed by atoms with van der Waals surface area (Å²) in [5.41, 5.74) is 0. The number of amides is 2. The van der Waals surface area contributed by atoms with Crippen LogP contribution in [0.4, 0.5) is 0 Å². The number of thioether (sulfide) groups is 1. The first-order chi connectivity index (χ1) is 12.6. The quantitative estimate of drug-likeness (QED) is 0.733. The van der Waals surface area contributed by atoms with Crippen LogP contribution in [0.5, 0.6) is 0 Å². The molecule has 2 heterocycles. The van der Waals surface area contributed by atoms with E-state index in [1.54, 1.807) is 0 Å². The number of hydrogen-bond donors (Lipinski definition) is 0. The van der Waals surface area contributed by atoms with Crippen LogP contribution in [0, 0.1) is 11.8 Å². The molecule has 0 bridgehead atoms. The number of nitrogens with zero attached hydrogens (tertiary/aromatic N) is 3. The van der Waals surface area contributed by atoms with Crippen LogP contribution in [0.2, 0.25) is 0 Å². The van der Waals surface area contributed by atoms with Gasteiger partial charge >= 0.3 is 0 Å². The fourth-order valence-corrected chi connectivity index (χ4v) is 5.51. The Morgan fingerprint density at radius 1 is 0.923 bits per heavy atom. The molecule has 2 saturated heterocycles. The second kappa shape index (κ2) is 9.45. The molecule has 2 aliphatic heterocycles. The SMILES string of the molecule is CC[C@H](C)C(=O)N1CCN([C@@H](C(=O)N2CCSCC2)C2CCCC2)CC1. The third-order valence-electron chi connectivity index (χ3n) is 6.48. The highest BCUT2D eigenvalue weighted by Gasteiger charge is 2.39. The van der Waals surface area contributed by atoms with Crippen molar-refractivity contribution in [3.63, 3.8) is 0 Å². The second-order valence-electron chi connectivity index (χ2n) is 8.10. The third kappa shape index (κ3) is 4.56. The molecule has 1 aliphatic carbocycles. The Hall–Kier alpha value is -0.750. The van der Waals surface area contributed by atoms with Gasteiger partial charge in [-0.3, -0.25) is 14.5 Å². The summed E-state index contributed by atoms with van der Waals surface area (Å²) in [6.07, 6.45) is 5.79. The van der Waals surface area contributed by atoms with Crippen LogP contribution in [0.25, 0.3) is 0 Å². The standard InChI is InChI=1S/C20H35N3O2S/c1-3-16(2)19(24)22-10-8-21(9-11-22)18(17-6-4-5-7-17)20(25)23-12-14-26-15-13-23/h16-18H,3-15H2,1-2H3/t16-,18+/m0/s1. The molecule has 5 nitrogen and oxygen atoms in total. The maximum Gasteiger partial charge on any atom is 0.240 e. The smallest absolute Gasteiger partial charge is 0.240 e. The van der Waals surface area contributed by atoms with E-state index in [9.17, 15) is 9.59 Å². The number of carbonyl (C=O) groups is 2. The van der Waals surface area contributed by atoms with Crippen LogP contribution in [-0.4, -0.2) is 83.3 Å². The van der Waals surface area contributed by atoms with Gasteiger partial charge in [0.15, 0.2) is 0 Å². The lowest BCUT2D eigenvalue weighted by atomic mass is 9.94. The molecule has 3 fully saturated rings. The van der Waals surface area contributed by atoms with Crippen molar-refractivity contribution in [2.24, 2.45) is 11.8 Å². The van der Waals surface area contributed by atoms with Crippen molar-refractivity contribution < 1.29 is 9.59 Å². The molecule has 0 unspecified atom stereocenters. The molecule has 3 aliphatic rings. The first kappa shape index (κ1) is 20.0. The zero-order valence-electron chi connectivity index (χ0n) is 16.5.